The molecule has 78 valence electrons. The van der Waals surface area contributed by atoms with Crippen molar-refractivity contribution in [1.29, 1.82) is 0 Å². The van der Waals surface area contributed by atoms with Crippen molar-refractivity contribution in [2.75, 3.05) is 0 Å². The number of nitrogens with zero attached hydrogens (tertiary/aromatic N) is 2. The van der Waals surface area contributed by atoms with Gasteiger partial charge in [-0.05, 0) is 38.0 Å². The molecule has 1 heterocycles. The average molecular weight is 200 g/mol. The Hall–Kier alpha value is -1.57. The smallest absolute Gasteiger partial charge is 0.0658 e. The molecule has 0 fully saturated rings. The van der Waals surface area contributed by atoms with E-state index in [0.717, 1.165) is 12.1 Å². The third-order valence-electron chi connectivity index (χ3n) is 2.85. The molecule has 0 aliphatic rings. The van der Waals surface area contributed by atoms with Crippen LogP contribution in [-0.4, -0.2) is 9.78 Å². The Kier molecular flexibility index (Phi) is 2.58. The maximum Gasteiger partial charge on any atom is 0.0658 e. The van der Waals surface area contributed by atoms with E-state index < -0.39 is 0 Å². The van der Waals surface area contributed by atoms with Crippen molar-refractivity contribution in [2.24, 2.45) is 0 Å². The molecule has 0 bridgehead atoms. The Balaban J connectivity index is 2.55. The molecule has 0 aliphatic heterocycles. The lowest BCUT2D eigenvalue weighted by Crippen LogP contribution is -1.98. The summed E-state index contributed by atoms with van der Waals surface area (Å²) in [4.78, 5) is 0. The first-order chi connectivity index (χ1) is 7.24. The Morgan fingerprint density at radius 3 is 2.33 bits per heavy atom. The van der Waals surface area contributed by atoms with E-state index >= 15 is 0 Å². The van der Waals surface area contributed by atoms with Crippen LogP contribution in [0.5, 0.6) is 0 Å². The third-order valence-corrected chi connectivity index (χ3v) is 2.85. The van der Waals surface area contributed by atoms with Crippen LogP contribution in [0.15, 0.2) is 30.3 Å². The summed E-state index contributed by atoms with van der Waals surface area (Å²) in [7, 11) is 0. The Labute approximate surface area is 90.6 Å². The number of rotatable bonds is 2. The van der Waals surface area contributed by atoms with E-state index in [-0.39, 0.29) is 0 Å². The van der Waals surface area contributed by atoms with Crippen LogP contribution >= 0.6 is 0 Å². The second-order valence-electron chi connectivity index (χ2n) is 3.76. The first-order valence-electron chi connectivity index (χ1n) is 5.34. The van der Waals surface area contributed by atoms with Gasteiger partial charge in [-0.25, -0.2) is 4.68 Å². The third kappa shape index (κ3) is 1.67. The summed E-state index contributed by atoms with van der Waals surface area (Å²) in [5, 5.41) is 4.61. The largest absolute Gasteiger partial charge is 0.238 e. The topological polar surface area (TPSA) is 17.8 Å². The van der Waals surface area contributed by atoms with Crippen LogP contribution < -0.4 is 0 Å². The van der Waals surface area contributed by atoms with Crippen molar-refractivity contribution >= 4 is 0 Å². The molecule has 0 saturated carbocycles. The van der Waals surface area contributed by atoms with Crippen molar-refractivity contribution in [3.05, 3.63) is 47.3 Å². The number of aryl methyl sites for hydroxylation is 1. The molecule has 0 saturated heterocycles. The molecule has 15 heavy (non-hydrogen) atoms. The van der Waals surface area contributed by atoms with Gasteiger partial charge < -0.3 is 0 Å². The minimum atomic E-state index is 0.993. The summed E-state index contributed by atoms with van der Waals surface area (Å²) in [5.74, 6) is 0. The number of hydrogen-bond donors (Lipinski definition) is 0. The number of benzene rings is 1. The number of aromatic nitrogens is 2. The lowest BCUT2D eigenvalue weighted by atomic mass is 10.2. The minimum absolute atomic E-state index is 0.993. The van der Waals surface area contributed by atoms with Gasteiger partial charge in [-0.15, -0.1) is 0 Å². The second-order valence-corrected chi connectivity index (χ2v) is 3.76. The summed E-state index contributed by atoms with van der Waals surface area (Å²) >= 11 is 0. The number of para-hydroxylation sites is 1. The fourth-order valence-corrected chi connectivity index (χ4v) is 1.79. The van der Waals surface area contributed by atoms with Crippen molar-refractivity contribution in [1.82, 2.24) is 9.78 Å². The molecule has 0 N–H and O–H groups in total. The predicted octanol–water partition coefficient (Wildman–Crippen LogP) is 3.05. The van der Waals surface area contributed by atoms with E-state index in [1.165, 1.54) is 17.0 Å². The van der Waals surface area contributed by atoms with Gasteiger partial charge >= 0.3 is 0 Å². The van der Waals surface area contributed by atoms with Gasteiger partial charge in [0.25, 0.3) is 0 Å². The first-order valence-corrected chi connectivity index (χ1v) is 5.34. The van der Waals surface area contributed by atoms with Crippen molar-refractivity contribution in [3.8, 4) is 5.69 Å². The maximum atomic E-state index is 4.61. The van der Waals surface area contributed by atoms with E-state index in [2.05, 4.69) is 38.0 Å². The molecule has 2 heteroatoms. The monoisotopic (exact) mass is 200 g/mol. The summed E-state index contributed by atoms with van der Waals surface area (Å²) in [6.45, 7) is 6.40. The molecule has 0 atom stereocenters. The fourth-order valence-electron chi connectivity index (χ4n) is 1.79. The van der Waals surface area contributed by atoms with Crippen LogP contribution in [0.25, 0.3) is 5.69 Å². The van der Waals surface area contributed by atoms with Gasteiger partial charge in [0.15, 0.2) is 0 Å². The number of hydrogen-bond acceptors (Lipinski definition) is 1. The standard InChI is InChI=1S/C13H16N2/c1-4-13-10(2)11(3)15(14-13)12-8-6-5-7-9-12/h5-9H,4H2,1-3H3. The Morgan fingerprint density at radius 1 is 1.13 bits per heavy atom. The first kappa shape index (κ1) is 9.97. The van der Waals surface area contributed by atoms with E-state index in [4.69, 9.17) is 0 Å². The summed E-state index contributed by atoms with van der Waals surface area (Å²) in [6.07, 6.45) is 0.993. The molecule has 0 amide bonds. The normalized spacial score (nSPS) is 10.6. The molecule has 2 aromatic rings. The highest BCUT2D eigenvalue weighted by Gasteiger charge is 2.09. The van der Waals surface area contributed by atoms with Crippen LogP contribution in [0.1, 0.15) is 23.9 Å². The Bertz CT molecular complexity index is 455. The predicted molar refractivity (Wildman–Crippen MR) is 62.4 cm³/mol. The molecule has 0 unspecified atom stereocenters. The van der Waals surface area contributed by atoms with Crippen LogP contribution in [0, 0.1) is 13.8 Å². The molecule has 0 spiro atoms. The molecular formula is C13H16N2. The summed E-state index contributed by atoms with van der Waals surface area (Å²) in [6, 6.07) is 10.3. The van der Waals surface area contributed by atoms with E-state index in [0.29, 0.717) is 0 Å². The fraction of sp³-hybridized carbons (Fsp3) is 0.308. The van der Waals surface area contributed by atoms with E-state index in [9.17, 15) is 0 Å². The van der Waals surface area contributed by atoms with Gasteiger partial charge in [0.05, 0.1) is 11.4 Å². The van der Waals surface area contributed by atoms with Crippen LogP contribution in [-0.2, 0) is 6.42 Å². The highest BCUT2D eigenvalue weighted by atomic mass is 15.3. The molecule has 1 aromatic heterocycles. The van der Waals surface area contributed by atoms with Gasteiger partial charge in [-0.2, -0.15) is 5.10 Å². The van der Waals surface area contributed by atoms with E-state index in [1.54, 1.807) is 0 Å². The summed E-state index contributed by atoms with van der Waals surface area (Å²) < 4.78 is 2.02. The quantitative estimate of drug-likeness (QED) is 0.728. The highest BCUT2D eigenvalue weighted by molar-refractivity contribution is 5.36. The van der Waals surface area contributed by atoms with Crippen molar-refractivity contribution in [3.63, 3.8) is 0 Å². The molecule has 0 radical (unpaired) electrons. The lowest BCUT2D eigenvalue weighted by molar-refractivity contribution is 0.818. The Morgan fingerprint density at radius 2 is 1.80 bits per heavy atom. The van der Waals surface area contributed by atoms with Crippen molar-refractivity contribution < 1.29 is 0 Å². The molecule has 0 aliphatic carbocycles. The van der Waals surface area contributed by atoms with Crippen molar-refractivity contribution in [2.45, 2.75) is 27.2 Å². The van der Waals surface area contributed by atoms with Crippen LogP contribution in [0.2, 0.25) is 0 Å². The van der Waals surface area contributed by atoms with Crippen LogP contribution in [0.4, 0.5) is 0 Å². The van der Waals surface area contributed by atoms with Gasteiger partial charge in [-0.3, -0.25) is 0 Å². The average Bonchev–Trinajstić information content (AvgIpc) is 2.57. The highest BCUT2D eigenvalue weighted by Crippen LogP contribution is 2.17. The SMILES string of the molecule is CCc1nn(-c2ccccc2)c(C)c1C. The summed E-state index contributed by atoms with van der Waals surface area (Å²) in [5.41, 5.74) is 4.87. The zero-order valence-corrected chi connectivity index (χ0v) is 9.49. The second kappa shape index (κ2) is 3.89. The van der Waals surface area contributed by atoms with Gasteiger partial charge in [-0.1, -0.05) is 25.1 Å². The van der Waals surface area contributed by atoms with Crippen LogP contribution in [0.3, 0.4) is 0 Å². The maximum absolute atomic E-state index is 4.61. The van der Waals surface area contributed by atoms with Gasteiger partial charge in [0.1, 0.15) is 0 Å². The molecule has 2 nitrogen and oxygen atoms in total. The lowest BCUT2D eigenvalue weighted by Gasteiger charge is -2.03. The minimum Gasteiger partial charge on any atom is -0.238 e. The molecule has 1 aromatic carbocycles. The zero-order chi connectivity index (χ0) is 10.8. The van der Waals surface area contributed by atoms with Gasteiger partial charge in [0, 0.05) is 5.69 Å². The van der Waals surface area contributed by atoms with E-state index in [1.807, 2.05) is 22.9 Å². The zero-order valence-electron chi connectivity index (χ0n) is 9.49. The molecule has 2 rings (SSSR count). The van der Waals surface area contributed by atoms with Gasteiger partial charge in [0.2, 0.25) is 0 Å². The molecular weight excluding hydrogens is 184 g/mol.